The summed E-state index contributed by atoms with van der Waals surface area (Å²) in [6.07, 6.45) is 7.03. The van der Waals surface area contributed by atoms with Crippen molar-refractivity contribution in [1.82, 2.24) is 14.3 Å². The molecule has 2 fully saturated rings. The lowest BCUT2D eigenvalue weighted by molar-refractivity contribution is -0.111. The fraction of sp³-hybridized carbons (Fsp3) is 0.323. The zero-order valence-corrected chi connectivity index (χ0v) is 24.3. The highest BCUT2D eigenvalue weighted by molar-refractivity contribution is 7.90. The van der Waals surface area contributed by atoms with E-state index in [4.69, 9.17) is 0 Å². The van der Waals surface area contributed by atoms with Gasteiger partial charge in [-0.15, -0.1) is 0 Å². The van der Waals surface area contributed by atoms with E-state index in [1.54, 1.807) is 19.2 Å². The fourth-order valence-corrected chi connectivity index (χ4v) is 7.44. The summed E-state index contributed by atoms with van der Waals surface area (Å²) in [7, 11) is -4.10. The SMILES string of the molecule is C[C@H]1CCCN1S(=O)(=O)Nc1ccc(F)c(C(=O)c2c[nH]c3ncc(-c4ccc(N5CCC(C=O)CC5)cc4)cc23)c1F. The van der Waals surface area contributed by atoms with Crippen LogP contribution in [0.25, 0.3) is 22.2 Å². The van der Waals surface area contributed by atoms with Crippen LogP contribution in [0.15, 0.2) is 54.9 Å². The monoisotopic (exact) mass is 607 g/mol. The van der Waals surface area contributed by atoms with Gasteiger partial charge in [0.1, 0.15) is 17.8 Å². The summed E-state index contributed by atoms with van der Waals surface area (Å²) in [5.74, 6) is -3.22. The average molecular weight is 608 g/mol. The molecule has 0 bridgehead atoms. The molecule has 0 radical (unpaired) electrons. The standard InChI is InChI=1S/C31H31F2N5O4S/c1-19-3-2-12-38(19)43(41,42)36-27-9-8-26(32)28(29(27)33)30(40)25-17-35-31-24(25)15-22(16-34-31)21-4-6-23(7-5-21)37-13-10-20(18-39)11-14-37/h4-9,15-20,36H,2-3,10-14H2,1H3,(H,34,35)/t19-/m0/s1. The van der Waals surface area contributed by atoms with Crippen molar-refractivity contribution < 1.29 is 26.8 Å². The van der Waals surface area contributed by atoms with Crippen LogP contribution in [0.5, 0.6) is 0 Å². The highest BCUT2D eigenvalue weighted by Crippen LogP contribution is 2.32. The zero-order valence-electron chi connectivity index (χ0n) is 23.5. The van der Waals surface area contributed by atoms with Crippen LogP contribution < -0.4 is 9.62 Å². The average Bonchev–Trinajstić information content (AvgIpc) is 3.65. The molecule has 2 aliphatic rings. The van der Waals surface area contributed by atoms with Crippen LogP contribution in [-0.4, -0.2) is 60.4 Å². The molecule has 2 saturated heterocycles. The van der Waals surface area contributed by atoms with Crippen molar-refractivity contribution in [2.24, 2.45) is 5.92 Å². The maximum Gasteiger partial charge on any atom is 0.301 e. The first-order chi connectivity index (χ1) is 20.7. The van der Waals surface area contributed by atoms with E-state index in [0.717, 1.165) is 55.6 Å². The molecule has 0 spiro atoms. The van der Waals surface area contributed by atoms with Gasteiger partial charge >= 0.3 is 10.2 Å². The van der Waals surface area contributed by atoms with Crippen LogP contribution in [0.4, 0.5) is 20.2 Å². The Bertz CT molecular complexity index is 1800. The molecule has 0 unspecified atom stereocenters. The number of ketones is 1. The van der Waals surface area contributed by atoms with Crippen LogP contribution in [0.2, 0.25) is 0 Å². The Hall–Kier alpha value is -4.16. The van der Waals surface area contributed by atoms with Crippen LogP contribution in [0.1, 0.15) is 48.5 Å². The van der Waals surface area contributed by atoms with Crippen LogP contribution >= 0.6 is 0 Å². The van der Waals surface area contributed by atoms with E-state index in [0.29, 0.717) is 36.0 Å². The number of nitrogens with zero attached hydrogens (tertiary/aromatic N) is 3. The van der Waals surface area contributed by atoms with Crippen molar-refractivity contribution >= 4 is 44.7 Å². The molecule has 2 aromatic carbocycles. The largest absolute Gasteiger partial charge is 0.371 e. The molecule has 1 atom stereocenters. The summed E-state index contributed by atoms with van der Waals surface area (Å²) in [6, 6.07) is 11.2. The Morgan fingerprint density at radius 2 is 1.79 bits per heavy atom. The van der Waals surface area contributed by atoms with Gasteiger partial charge in [0.25, 0.3) is 0 Å². The second kappa shape index (κ2) is 11.5. The Kier molecular flexibility index (Phi) is 7.74. The van der Waals surface area contributed by atoms with Crippen LogP contribution in [0, 0.1) is 17.6 Å². The van der Waals surface area contributed by atoms with Crippen molar-refractivity contribution in [2.75, 3.05) is 29.3 Å². The Morgan fingerprint density at radius 3 is 2.47 bits per heavy atom. The van der Waals surface area contributed by atoms with Crippen molar-refractivity contribution in [3.8, 4) is 11.1 Å². The predicted molar refractivity (Wildman–Crippen MR) is 160 cm³/mol. The van der Waals surface area contributed by atoms with E-state index < -0.39 is 38.9 Å². The third-order valence-corrected chi connectivity index (χ3v) is 10.1. The number of hydrogen-bond acceptors (Lipinski definition) is 6. The molecule has 2 N–H and O–H groups in total. The first-order valence-corrected chi connectivity index (χ1v) is 15.7. The van der Waals surface area contributed by atoms with Crippen molar-refractivity contribution in [3.05, 3.63) is 77.6 Å². The van der Waals surface area contributed by atoms with Gasteiger partial charge in [-0.3, -0.25) is 9.52 Å². The van der Waals surface area contributed by atoms with Gasteiger partial charge in [-0.1, -0.05) is 12.1 Å². The molecular formula is C31H31F2N5O4S. The molecule has 9 nitrogen and oxygen atoms in total. The van der Waals surface area contributed by atoms with Gasteiger partial charge in [0.2, 0.25) is 5.78 Å². The summed E-state index contributed by atoms with van der Waals surface area (Å²) >= 11 is 0. The Labute approximate surface area is 248 Å². The molecule has 6 rings (SSSR count). The Balaban J connectivity index is 1.28. The van der Waals surface area contributed by atoms with Gasteiger partial charge < -0.3 is 14.7 Å². The lowest BCUT2D eigenvalue weighted by Gasteiger charge is -2.31. The number of hydrogen-bond donors (Lipinski definition) is 2. The smallest absolute Gasteiger partial charge is 0.301 e. The molecule has 4 aromatic rings. The number of H-pyrrole nitrogens is 1. The number of piperidine rings is 1. The summed E-state index contributed by atoms with van der Waals surface area (Å²) in [5, 5.41) is 0.373. The molecule has 2 aromatic heterocycles. The summed E-state index contributed by atoms with van der Waals surface area (Å²) in [5.41, 5.74) is 1.59. The van der Waals surface area contributed by atoms with E-state index in [1.165, 1.54) is 10.5 Å². The maximum atomic E-state index is 15.6. The molecular weight excluding hydrogens is 576 g/mol. The van der Waals surface area contributed by atoms with Gasteiger partial charge in [0.15, 0.2) is 5.82 Å². The number of fused-ring (bicyclic) bond motifs is 1. The third-order valence-electron chi connectivity index (χ3n) is 8.43. The zero-order chi connectivity index (χ0) is 30.3. The number of rotatable bonds is 8. The summed E-state index contributed by atoms with van der Waals surface area (Å²) in [4.78, 5) is 34.2. The molecule has 0 amide bonds. The number of carbonyl (C=O) groups is 2. The van der Waals surface area contributed by atoms with Gasteiger partial charge in [0, 0.05) is 66.2 Å². The topological polar surface area (TPSA) is 115 Å². The second-order valence-corrected chi connectivity index (χ2v) is 12.8. The molecule has 0 saturated carbocycles. The van der Waals surface area contributed by atoms with E-state index in [-0.39, 0.29) is 17.5 Å². The van der Waals surface area contributed by atoms with E-state index in [1.807, 2.05) is 24.3 Å². The molecule has 0 aliphatic carbocycles. The number of aromatic amines is 1. The van der Waals surface area contributed by atoms with Gasteiger partial charge in [0.05, 0.1) is 11.3 Å². The normalized spacial score (nSPS) is 18.3. The summed E-state index contributed by atoms with van der Waals surface area (Å²) in [6.45, 7) is 3.66. The van der Waals surface area contributed by atoms with E-state index >= 15 is 4.39 Å². The van der Waals surface area contributed by atoms with Gasteiger partial charge in [-0.2, -0.15) is 12.7 Å². The maximum absolute atomic E-state index is 15.6. The number of benzene rings is 2. The third kappa shape index (κ3) is 5.52. The molecule has 2 aliphatic heterocycles. The van der Waals surface area contributed by atoms with E-state index in [2.05, 4.69) is 19.6 Å². The molecule has 43 heavy (non-hydrogen) atoms. The molecule has 4 heterocycles. The lowest BCUT2D eigenvalue weighted by Crippen LogP contribution is -2.38. The number of aldehydes is 1. The summed E-state index contributed by atoms with van der Waals surface area (Å²) < 4.78 is 59.8. The highest BCUT2D eigenvalue weighted by Gasteiger charge is 2.33. The quantitative estimate of drug-likeness (QED) is 0.208. The minimum absolute atomic E-state index is 0.00462. The van der Waals surface area contributed by atoms with Crippen LogP contribution in [0.3, 0.4) is 0 Å². The van der Waals surface area contributed by atoms with Crippen molar-refractivity contribution in [2.45, 2.75) is 38.6 Å². The number of pyridine rings is 1. The molecule has 224 valence electrons. The molecule has 12 heteroatoms. The number of halogens is 2. The van der Waals surface area contributed by atoms with E-state index in [9.17, 15) is 22.4 Å². The number of aromatic nitrogens is 2. The number of nitrogens with one attached hydrogen (secondary N) is 2. The number of carbonyl (C=O) groups excluding carboxylic acids is 2. The minimum Gasteiger partial charge on any atom is -0.371 e. The van der Waals surface area contributed by atoms with Gasteiger partial charge in [-0.05, 0) is 68.5 Å². The number of anilines is 2. The van der Waals surface area contributed by atoms with Crippen molar-refractivity contribution in [1.29, 1.82) is 0 Å². The Morgan fingerprint density at radius 1 is 1.05 bits per heavy atom. The highest BCUT2D eigenvalue weighted by atomic mass is 32.2. The fourth-order valence-electron chi connectivity index (χ4n) is 5.94. The predicted octanol–water partition coefficient (Wildman–Crippen LogP) is 5.30. The first kappa shape index (κ1) is 28.9. The van der Waals surface area contributed by atoms with Crippen molar-refractivity contribution in [3.63, 3.8) is 0 Å². The minimum atomic E-state index is -4.10. The lowest BCUT2D eigenvalue weighted by atomic mass is 9.97. The first-order valence-electron chi connectivity index (χ1n) is 14.3. The van der Waals surface area contributed by atoms with Gasteiger partial charge in [-0.25, -0.2) is 13.8 Å². The second-order valence-electron chi connectivity index (χ2n) is 11.2. The van der Waals surface area contributed by atoms with Crippen LogP contribution in [-0.2, 0) is 15.0 Å².